The standard InChI is InChI=1S/C13H16N2OS/c1-10(14)11-4-6-15-13(9-11)16-7-5-12-3-2-8-17-12/h2-4,6,8-10H,5,7,14H2,1H3/t10-/m0/s1. The number of rotatable bonds is 5. The van der Waals surface area contributed by atoms with Gasteiger partial charge in [-0.25, -0.2) is 4.98 Å². The molecular weight excluding hydrogens is 232 g/mol. The fourth-order valence-electron chi connectivity index (χ4n) is 1.50. The number of hydrogen-bond acceptors (Lipinski definition) is 4. The van der Waals surface area contributed by atoms with Crippen molar-refractivity contribution < 1.29 is 4.74 Å². The van der Waals surface area contributed by atoms with Crippen molar-refractivity contribution in [2.75, 3.05) is 6.61 Å². The van der Waals surface area contributed by atoms with Crippen LogP contribution >= 0.6 is 11.3 Å². The van der Waals surface area contributed by atoms with E-state index in [0.29, 0.717) is 12.5 Å². The average Bonchev–Trinajstić information content (AvgIpc) is 2.82. The Morgan fingerprint density at radius 3 is 3.06 bits per heavy atom. The summed E-state index contributed by atoms with van der Waals surface area (Å²) in [4.78, 5) is 5.49. The summed E-state index contributed by atoms with van der Waals surface area (Å²) in [6.45, 7) is 2.60. The highest BCUT2D eigenvalue weighted by Crippen LogP contribution is 2.15. The van der Waals surface area contributed by atoms with Crippen LogP contribution in [0.15, 0.2) is 35.8 Å². The van der Waals surface area contributed by atoms with Crippen LogP contribution in [0.3, 0.4) is 0 Å². The van der Waals surface area contributed by atoms with E-state index in [4.69, 9.17) is 10.5 Å². The SMILES string of the molecule is C[C@H](N)c1ccnc(OCCc2cccs2)c1. The van der Waals surface area contributed by atoms with Crippen LogP contribution in [0.1, 0.15) is 23.4 Å². The lowest BCUT2D eigenvalue weighted by atomic mass is 10.1. The van der Waals surface area contributed by atoms with Gasteiger partial charge in [-0.15, -0.1) is 11.3 Å². The number of nitrogens with zero attached hydrogens (tertiary/aromatic N) is 1. The molecule has 2 rings (SSSR count). The molecule has 0 aliphatic heterocycles. The molecule has 0 amide bonds. The molecule has 0 saturated carbocycles. The highest BCUT2D eigenvalue weighted by molar-refractivity contribution is 7.09. The molecule has 3 nitrogen and oxygen atoms in total. The monoisotopic (exact) mass is 248 g/mol. The van der Waals surface area contributed by atoms with Gasteiger partial charge in [0.1, 0.15) is 0 Å². The predicted molar refractivity (Wildman–Crippen MR) is 70.4 cm³/mol. The first-order valence-corrected chi connectivity index (χ1v) is 6.50. The van der Waals surface area contributed by atoms with Crippen molar-refractivity contribution in [1.82, 2.24) is 4.98 Å². The van der Waals surface area contributed by atoms with E-state index < -0.39 is 0 Å². The summed E-state index contributed by atoms with van der Waals surface area (Å²) in [5, 5.41) is 2.07. The van der Waals surface area contributed by atoms with Crippen LogP contribution in [0.4, 0.5) is 0 Å². The number of ether oxygens (including phenoxy) is 1. The van der Waals surface area contributed by atoms with Crippen molar-refractivity contribution in [2.45, 2.75) is 19.4 Å². The molecule has 0 saturated heterocycles. The topological polar surface area (TPSA) is 48.1 Å². The molecule has 2 aromatic rings. The van der Waals surface area contributed by atoms with Gasteiger partial charge in [-0.2, -0.15) is 0 Å². The van der Waals surface area contributed by atoms with Crippen LogP contribution < -0.4 is 10.5 Å². The summed E-state index contributed by atoms with van der Waals surface area (Å²) in [5.74, 6) is 0.649. The summed E-state index contributed by atoms with van der Waals surface area (Å²) in [6, 6.07) is 7.99. The van der Waals surface area contributed by atoms with Crippen LogP contribution in [-0.4, -0.2) is 11.6 Å². The minimum absolute atomic E-state index is 0.0117. The van der Waals surface area contributed by atoms with Crippen LogP contribution in [0, 0.1) is 0 Å². The van der Waals surface area contributed by atoms with Gasteiger partial charge >= 0.3 is 0 Å². The number of nitrogens with two attached hydrogens (primary N) is 1. The predicted octanol–water partition coefficient (Wildman–Crippen LogP) is 2.78. The fourth-order valence-corrected chi connectivity index (χ4v) is 2.19. The Labute approximate surface area is 105 Å². The Bertz CT molecular complexity index is 454. The van der Waals surface area contributed by atoms with Gasteiger partial charge in [0.25, 0.3) is 0 Å². The Balaban J connectivity index is 1.88. The number of thiophene rings is 1. The Hall–Kier alpha value is -1.39. The zero-order chi connectivity index (χ0) is 12.1. The summed E-state index contributed by atoms with van der Waals surface area (Å²) in [6.07, 6.45) is 2.65. The molecule has 0 aliphatic rings. The molecule has 2 aromatic heterocycles. The molecule has 0 aliphatic carbocycles. The molecule has 4 heteroatoms. The van der Waals surface area contributed by atoms with Crippen LogP contribution in [0.25, 0.3) is 0 Å². The summed E-state index contributed by atoms with van der Waals surface area (Å²) >= 11 is 1.75. The Morgan fingerprint density at radius 2 is 2.35 bits per heavy atom. The minimum Gasteiger partial charge on any atom is -0.477 e. The first-order chi connectivity index (χ1) is 8.25. The highest BCUT2D eigenvalue weighted by atomic mass is 32.1. The molecule has 90 valence electrons. The molecule has 2 N–H and O–H groups in total. The maximum atomic E-state index is 5.81. The normalized spacial score (nSPS) is 12.4. The fraction of sp³-hybridized carbons (Fsp3) is 0.308. The molecule has 0 unspecified atom stereocenters. The van der Waals surface area contributed by atoms with Gasteiger partial charge in [0.2, 0.25) is 5.88 Å². The van der Waals surface area contributed by atoms with E-state index in [9.17, 15) is 0 Å². The second kappa shape index (κ2) is 5.80. The lowest BCUT2D eigenvalue weighted by Crippen LogP contribution is -2.07. The van der Waals surface area contributed by atoms with Gasteiger partial charge in [0, 0.05) is 29.6 Å². The third-order valence-corrected chi connectivity index (χ3v) is 3.40. The third-order valence-electron chi connectivity index (χ3n) is 2.46. The number of aromatic nitrogens is 1. The van der Waals surface area contributed by atoms with E-state index >= 15 is 0 Å². The second-order valence-electron chi connectivity index (χ2n) is 3.89. The molecule has 0 aromatic carbocycles. The molecule has 0 spiro atoms. The zero-order valence-electron chi connectivity index (χ0n) is 9.80. The lowest BCUT2D eigenvalue weighted by molar-refractivity contribution is 0.310. The Morgan fingerprint density at radius 1 is 1.47 bits per heavy atom. The van der Waals surface area contributed by atoms with Crippen molar-refractivity contribution in [3.8, 4) is 5.88 Å². The van der Waals surface area contributed by atoms with Gasteiger partial charge in [0.05, 0.1) is 6.61 Å². The van der Waals surface area contributed by atoms with Gasteiger partial charge in [-0.3, -0.25) is 0 Å². The minimum atomic E-state index is 0.0117. The summed E-state index contributed by atoms with van der Waals surface area (Å²) < 4.78 is 5.61. The van der Waals surface area contributed by atoms with Crippen molar-refractivity contribution >= 4 is 11.3 Å². The van der Waals surface area contributed by atoms with E-state index in [2.05, 4.69) is 22.5 Å². The zero-order valence-corrected chi connectivity index (χ0v) is 10.6. The smallest absolute Gasteiger partial charge is 0.213 e. The molecule has 1 atom stereocenters. The first-order valence-electron chi connectivity index (χ1n) is 5.62. The quantitative estimate of drug-likeness (QED) is 0.885. The lowest BCUT2D eigenvalue weighted by Gasteiger charge is -2.08. The molecule has 2 heterocycles. The highest BCUT2D eigenvalue weighted by Gasteiger charge is 2.02. The molecule has 0 fully saturated rings. The molecule has 0 bridgehead atoms. The van der Waals surface area contributed by atoms with E-state index in [0.717, 1.165) is 12.0 Å². The van der Waals surface area contributed by atoms with Crippen molar-refractivity contribution in [1.29, 1.82) is 0 Å². The molecule has 0 radical (unpaired) electrons. The van der Waals surface area contributed by atoms with Crippen LogP contribution in [0.5, 0.6) is 5.88 Å². The number of hydrogen-bond donors (Lipinski definition) is 1. The van der Waals surface area contributed by atoms with E-state index in [1.54, 1.807) is 17.5 Å². The average molecular weight is 248 g/mol. The maximum Gasteiger partial charge on any atom is 0.213 e. The maximum absolute atomic E-state index is 5.81. The van der Waals surface area contributed by atoms with E-state index in [1.807, 2.05) is 19.1 Å². The molecular formula is C13H16N2OS. The van der Waals surface area contributed by atoms with Crippen molar-refractivity contribution in [3.05, 3.63) is 46.3 Å². The van der Waals surface area contributed by atoms with Crippen molar-refractivity contribution in [3.63, 3.8) is 0 Å². The van der Waals surface area contributed by atoms with Gasteiger partial charge in [-0.05, 0) is 30.0 Å². The third kappa shape index (κ3) is 3.54. The largest absolute Gasteiger partial charge is 0.477 e. The summed E-state index contributed by atoms with van der Waals surface area (Å²) in [7, 11) is 0. The molecule has 17 heavy (non-hydrogen) atoms. The van der Waals surface area contributed by atoms with Gasteiger partial charge in [0.15, 0.2) is 0 Å². The van der Waals surface area contributed by atoms with E-state index in [1.165, 1.54) is 4.88 Å². The van der Waals surface area contributed by atoms with Crippen LogP contribution in [-0.2, 0) is 6.42 Å². The first kappa shape index (κ1) is 12.1. The van der Waals surface area contributed by atoms with E-state index in [-0.39, 0.29) is 6.04 Å². The van der Waals surface area contributed by atoms with Gasteiger partial charge in [-0.1, -0.05) is 6.07 Å². The van der Waals surface area contributed by atoms with Crippen molar-refractivity contribution in [2.24, 2.45) is 5.73 Å². The summed E-state index contributed by atoms with van der Waals surface area (Å²) in [5.41, 5.74) is 6.85. The van der Waals surface area contributed by atoms with Gasteiger partial charge < -0.3 is 10.5 Å². The number of pyridine rings is 1. The second-order valence-corrected chi connectivity index (χ2v) is 4.93. The van der Waals surface area contributed by atoms with Crippen LogP contribution in [0.2, 0.25) is 0 Å². The Kier molecular flexibility index (Phi) is 4.12.